The maximum Gasteiger partial charge on any atom is 0.254 e. The summed E-state index contributed by atoms with van der Waals surface area (Å²) in [4.78, 5) is 62.2. The number of piperidine rings is 2. The second kappa shape index (κ2) is 11.9. The molecule has 4 amide bonds. The van der Waals surface area contributed by atoms with Crippen molar-refractivity contribution in [3.63, 3.8) is 0 Å². The fourth-order valence-electron chi connectivity index (χ4n) is 6.99. The van der Waals surface area contributed by atoms with Gasteiger partial charge in [0.05, 0.1) is 5.52 Å². The van der Waals surface area contributed by atoms with Gasteiger partial charge in [-0.25, -0.2) is 0 Å². The lowest BCUT2D eigenvalue weighted by Gasteiger charge is -2.51. The summed E-state index contributed by atoms with van der Waals surface area (Å²) in [6, 6.07) is 17.5. The van der Waals surface area contributed by atoms with Crippen LogP contribution in [0.4, 0.5) is 0 Å². The Labute approximate surface area is 245 Å². The van der Waals surface area contributed by atoms with E-state index in [0.717, 1.165) is 22.9 Å². The van der Waals surface area contributed by atoms with Gasteiger partial charge in [-0.1, -0.05) is 42.5 Å². The molecule has 42 heavy (non-hydrogen) atoms. The van der Waals surface area contributed by atoms with E-state index in [9.17, 15) is 19.2 Å². The third-order valence-electron chi connectivity index (χ3n) is 8.99. The molecule has 9 heteroatoms. The maximum atomic E-state index is 14.3. The number of carbonyl (C=O) groups is 4. The van der Waals surface area contributed by atoms with Crippen molar-refractivity contribution in [2.45, 2.75) is 57.2 Å². The van der Waals surface area contributed by atoms with E-state index in [1.807, 2.05) is 70.5 Å². The molecule has 0 spiro atoms. The molecule has 9 nitrogen and oxygen atoms in total. The molecule has 3 aromatic rings. The van der Waals surface area contributed by atoms with Gasteiger partial charge in [-0.05, 0) is 61.8 Å². The van der Waals surface area contributed by atoms with Crippen molar-refractivity contribution < 1.29 is 19.2 Å². The summed E-state index contributed by atoms with van der Waals surface area (Å²) >= 11 is 0. The van der Waals surface area contributed by atoms with Crippen LogP contribution in [0.15, 0.2) is 66.9 Å². The highest BCUT2D eigenvalue weighted by Crippen LogP contribution is 2.37. The van der Waals surface area contributed by atoms with Crippen molar-refractivity contribution in [1.29, 1.82) is 0 Å². The van der Waals surface area contributed by atoms with Crippen LogP contribution in [0.5, 0.6) is 0 Å². The summed E-state index contributed by atoms with van der Waals surface area (Å²) < 4.78 is 0. The van der Waals surface area contributed by atoms with Gasteiger partial charge >= 0.3 is 0 Å². The number of pyridine rings is 1. The Balaban J connectivity index is 1.28. The number of hydrogen-bond acceptors (Lipinski definition) is 5. The van der Waals surface area contributed by atoms with Crippen LogP contribution in [0, 0.1) is 11.8 Å². The van der Waals surface area contributed by atoms with Crippen LogP contribution in [0.3, 0.4) is 0 Å². The number of likely N-dealkylation sites (tertiary alicyclic amines) is 1. The molecule has 1 aromatic heterocycles. The number of nitrogens with one attached hydrogen (secondary N) is 2. The van der Waals surface area contributed by atoms with E-state index in [4.69, 9.17) is 0 Å². The highest BCUT2D eigenvalue weighted by atomic mass is 16.2. The molecule has 2 aromatic carbocycles. The summed E-state index contributed by atoms with van der Waals surface area (Å²) in [6.07, 6.45) is 4.56. The van der Waals surface area contributed by atoms with Crippen LogP contribution in [-0.2, 0) is 20.8 Å². The van der Waals surface area contributed by atoms with Crippen molar-refractivity contribution in [3.8, 4) is 0 Å². The Morgan fingerprint density at radius 2 is 1.79 bits per heavy atom. The first kappa shape index (κ1) is 27.9. The van der Waals surface area contributed by atoms with Crippen LogP contribution in [0.25, 0.3) is 10.9 Å². The minimum atomic E-state index is -0.749. The van der Waals surface area contributed by atoms with Crippen molar-refractivity contribution in [3.05, 3.63) is 78.0 Å². The van der Waals surface area contributed by atoms with E-state index in [2.05, 4.69) is 15.6 Å². The molecular formula is C33H37N5O4. The average Bonchev–Trinajstić information content (AvgIpc) is 3.00. The third kappa shape index (κ3) is 5.73. The first-order chi connectivity index (χ1) is 20.4. The Morgan fingerprint density at radius 3 is 2.62 bits per heavy atom. The molecule has 3 aliphatic heterocycles. The monoisotopic (exact) mass is 567 g/mol. The number of rotatable bonds is 3. The zero-order chi connectivity index (χ0) is 29.2. The molecular weight excluding hydrogens is 530 g/mol. The number of amides is 4. The molecule has 2 bridgehead atoms. The lowest BCUT2D eigenvalue weighted by molar-refractivity contribution is -0.145. The molecule has 0 unspecified atom stereocenters. The van der Waals surface area contributed by atoms with Crippen molar-refractivity contribution >= 4 is 34.5 Å². The van der Waals surface area contributed by atoms with Gasteiger partial charge in [0.2, 0.25) is 17.7 Å². The lowest BCUT2D eigenvalue weighted by atomic mass is 9.77. The Bertz CT molecular complexity index is 1490. The van der Waals surface area contributed by atoms with Crippen LogP contribution >= 0.6 is 0 Å². The summed E-state index contributed by atoms with van der Waals surface area (Å²) in [5.41, 5.74) is 2.38. The molecule has 3 fully saturated rings. The number of hydrogen-bond donors (Lipinski definition) is 2. The molecule has 6 rings (SSSR count). The normalized spacial score (nSPS) is 26.9. The predicted octanol–water partition coefficient (Wildman–Crippen LogP) is 2.94. The minimum absolute atomic E-state index is 0.0150. The highest BCUT2D eigenvalue weighted by Gasteiger charge is 2.45. The molecule has 0 aliphatic carbocycles. The van der Waals surface area contributed by atoms with Crippen LogP contribution in [0.2, 0.25) is 0 Å². The number of carbonyl (C=O) groups excluding carboxylic acids is 4. The fourth-order valence-corrected chi connectivity index (χ4v) is 6.99. The van der Waals surface area contributed by atoms with E-state index in [-0.39, 0.29) is 47.9 Å². The predicted molar refractivity (Wildman–Crippen MR) is 158 cm³/mol. The largest absolute Gasteiger partial charge is 0.345 e. The molecule has 3 saturated heterocycles. The smallest absolute Gasteiger partial charge is 0.254 e. The summed E-state index contributed by atoms with van der Waals surface area (Å²) in [6.45, 7) is 3.27. The zero-order valence-electron chi connectivity index (χ0n) is 23.9. The van der Waals surface area contributed by atoms with Gasteiger partial charge in [0, 0.05) is 55.7 Å². The quantitative estimate of drug-likeness (QED) is 0.506. The second-order valence-electron chi connectivity index (χ2n) is 11.9. The van der Waals surface area contributed by atoms with Gasteiger partial charge in [0.1, 0.15) is 12.1 Å². The number of fused-ring (bicyclic) bond motifs is 5. The van der Waals surface area contributed by atoms with Crippen molar-refractivity contribution in [2.24, 2.45) is 11.8 Å². The van der Waals surface area contributed by atoms with E-state index in [0.29, 0.717) is 44.5 Å². The number of nitrogens with zero attached hydrogens (tertiary/aromatic N) is 3. The summed E-state index contributed by atoms with van der Waals surface area (Å²) in [5, 5.41) is 6.57. The number of aromatic nitrogens is 1. The van der Waals surface area contributed by atoms with Gasteiger partial charge in [-0.2, -0.15) is 0 Å². The Kier molecular flexibility index (Phi) is 7.91. The molecule has 218 valence electrons. The average molecular weight is 568 g/mol. The van der Waals surface area contributed by atoms with Gasteiger partial charge < -0.3 is 20.4 Å². The van der Waals surface area contributed by atoms with Gasteiger partial charge in [0.15, 0.2) is 0 Å². The zero-order valence-corrected chi connectivity index (χ0v) is 23.9. The van der Waals surface area contributed by atoms with Gasteiger partial charge in [-0.15, -0.1) is 0 Å². The fraction of sp³-hybridized carbons (Fsp3) is 0.424. The van der Waals surface area contributed by atoms with E-state index < -0.39 is 12.1 Å². The number of benzene rings is 2. The van der Waals surface area contributed by atoms with Gasteiger partial charge in [0.25, 0.3) is 5.91 Å². The topological polar surface area (TPSA) is 112 Å². The Hall–Kier alpha value is -4.27. The van der Waals surface area contributed by atoms with Crippen LogP contribution in [-0.4, -0.2) is 76.2 Å². The summed E-state index contributed by atoms with van der Waals surface area (Å²) in [7, 11) is 0. The second-order valence-corrected chi connectivity index (χ2v) is 11.9. The summed E-state index contributed by atoms with van der Waals surface area (Å²) in [5.74, 6) is -0.437. The Morgan fingerprint density at radius 1 is 0.952 bits per heavy atom. The molecule has 0 radical (unpaired) electrons. The maximum absolute atomic E-state index is 14.3. The van der Waals surface area contributed by atoms with E-state index in [1.165, 1.54) is 0 Å². The molecule has 0 saturated carbocycles. The van der Waals surface area contributed by atoms with E-state index >= 15 is 0 Å². The van der Waals surface area contributed by atoms with Crippen LogP contribution in [0.1, 0.15) is 48.5 Å². The van der Waals surface area contributed by atoms with E-state index in [1.54, 1.807) is 13.1 Å². The molecule has 5 atom stereocenters. The minimum Gasteiger partial charge on any atom is -0.345 e. The molecule has 3 aliphatic rings. The highest BCUT2D eigenvalue weighted by molar-refractivity contribution is 6.06. The standard InChI is InChI=1S/C33H37N5O4/c1-21-31(40)36-28(17-22-8-3-2-4-9-22)33(42)38-19-23-16-24(29(38)13-6-14-30(39)35-21)20-37(18-23)32(41)26-10-5-12-27-25(26)11-7-15-34-27/h2-5,7-12,15,21,23-24,28-29H,6,13-14,16-20H2,1H3,(H,35,39)(H,36,40)/t21-,23+,24-,28+,29+/m1/s1. The van der Waals surface area contributed by atoms with Gasteiger partial charge in [-0.3, -0.25) is 24.2 Å². The lowest BCUT2D eigenvalue weighted by Crippen LogP contribution is -2.63. The third-order valence-corrected chi connectivity index (χ3v) is 8.99. The molecule has 2 N–H and O–H groups in total. The molecule has 4 heterocycles. The van der Waals surface area contributed by atoms with Crippen molar-refractivity contribution in [2.75, 3.05) is 19.6 Å². The van der Waals surface area contributed by atoms with Crippen molar-refractivity contribution in [1.82, 2.24) is 25.4 Å². The SMILES string of the molecule is C[C@H]1NC(=O)CCC[C@H]2[C@@H]3C[C@@H](CN(C(=O)c4cccc5ncccc45)C3)CN2C(=O)[C@H](Cc2ccccc2)NC1=O. The van der Waals surface area contributed by atoms with Crippen LogP contribution < -0.4 is 10.6 Å². The first-order valence-electron chi connectivity index (χ1n) is 14.9. The first-order valence-corrected chi connectivity index (χ1v) is 14.9.